The van der Waals surface area contributed by atoms with Crippen molar-refractivity contribution in [1.82, 2.24) is 0 Å². The fourth-order valence-corrected chi connectivity index (χ4v) is 1.24. The smallest absolute Gasteiger partial charge is 0.330 e. The minimum absolute atomic E-state index is 0.111. The number of hydrogen-bond acceptors (Lipinski definition) is 3. The highest BCUT2D eigenvalue weighted by Gasteiger charge is 1.96. The summed E-state index contributed by atoms with van der Waals surface area (Å²) in [6, 6.07) is 7.15. The van der Waals surface area contributed by atoms with Crippen molar-refractivity contribution in [2.24, 2.45) is 0 Å². The number of hydrogen-bond donors (Lipinski definition) is 1. The average molecular weight is 233 g/mol. The van der Waals surface area contributed by atoms with Crippen molar-refractivity contribution in [1.29, 1.82) is 0 Å². The largest absolute Gasteiger partial charge is 0.463 e. The molecule has 0 radical (unpaired) electrons. The SMILES string of the molecule is CCOC(=O)/C=C\c1ccc(NC(C)=O)cc1. The van der Waals surface area contributed by atoms with Crippen molar-refractivity contribution < 1.29 is 14.3 Å². The second-order valence-electron chi connectivity index (χ2n) is 3.39. The summed E-state index contributed by atoms with van der Waals surface area (Å²) >= 11 is 0. The van der Waals surface area contributed by atoms with Crippen LogP contribution in [0.5, 0.6) is 0 Å². The van der Waals surface area contributed by atoms with Crippen LogP contribution in [0.15, 0.2) is 30.3 Å². The second kappa shape index (κ2) is 6.48. The molecule has 1 aromatic carbocycles. The second-order valence-corrected chi connectivity index (χ2v) is 3.39. The fourth-order valence-electron chi connectivity index (χ4n) is 1.24. The summed E-state index contributed by atoms with van der Waals surface area (Å²) in [4.78, 5) is 21.9. The maximum atomic E-state index is 11.1. The van der Waals surface area contributed by atoms with Gasteiger partial charge in [0.2, 0.25) is 5.91 Å². The van der Waals surface area contributed by atoms with E-state index in [1.54, 1.807) is 37.3 Å². The lowest BCUT2D eigenvalue weighted by Gasteiger charge is -2.01. The van der Waals surface area contributed by atoms with Crippen molar-refractivity contribution in [2.75, 3.05) is 11.9 Å². The first-order chi connectivity index (χ1) is 8.11. The Balaban J connectivity index is 2.62. The summed E-state index contributed by atoms with van der Waals surface area (Å²) in [6.45, 7) is 3.58. The highest BCUT2D eigenvalue weighted by molar-refractivity contribution is 5.89. The Hall–Kier alpha value is -2.10. The van der Waals surface area contributed by atoms with Crippen LogP contribution in [0.3, 0.4) is 0 Å². The van der Waals surface area contributed by atoms with Gasteiger partial charge < -0.3 is 10.1 Å². The zero-order valence-corrected chi connectivity index (χ0v) is 9.90. The molecule has 0 heterocycles. The molecule has 0 saturated carbocycles. The highest BCUT2D eigenvalue weighted by atomic mass is 16.5. The third-order valence-corrected chi connectivity index (χ3v) is 1.93. The Morgan fingerprint density at radius 1 is 1.29 bits per heavy atom. The quantitative estimate of drug-likeness (QED) is 0.640. The molecule has 1 N–H and O–H groups in total. The zero-order valence-electron chi connectivity index (χ0n) is 9.90. The molecule has 1 amide bonds. The minimum Gasteiger partial charge on any atom is -0.463 e. The Kier molecular flexibility index (Phi) is 4.94. The van der Waals surface area contributed by atoms with Crippen LogP contribution in [-0.4, -0.2) is 18.5 Å². The number of amides is 1. The molecule has 1 aromatic rings. The number of carbonyl (C=O) groups excluding carboxylic acids is 2. The van der Waals surface area contributed by atoms with E-state index in [0.717, 1.165) is 11.3 Å². The summed E-state index contributed by atoms with van der Waals surface area (Å²) < 4.78 is 4.76. The van der Waals surface area contributed by atoms with Crippen LogP contribution in [0.4, 0.5) is 5.69 Å². The predicted octanol–water partition coefficient (Wildman–Crippen LogP) is 2.22. The van der Waals surface area contributed by atoms with Gasteiger partial charge in [-0.1, -0.05) is 12.1 Å². The van der Waals surface area contributed by atoms with Crippen molar-refractivity contribution in [3.63, 3.8) is 0 Å². The molecule has 0 aliphatic rings. The molecule has 0 spiro atoms. The normalized spacial score (nSPS) is 10.2. The fraction of sp³-hybridized carbons (Fsp3) is 0.231. The van der Waals surface area contributed by atoms with Crippen LogP contribution in [0.2, 0.25) is 0 Å². The van der Waals surface area contributed by atoms with E-state index in [1.165, 1.54) is 13.0 Å². The van der Waals surface area contributed by atoms with Crippen LogP contribution < -0.4 is 5.32 Å². The van der Waals surface area contributed by atoms with Crippen LogP contribution in [-0.2, 0) is 14.3 Å². The van der Waals surface area contributed by atoms with Gasteiger partial charge in [-0.15, -0.1) is 0 Å². The third-order valence-electron chi connectivity index (χ3n) is 1.93. The van der Waals surface area contributed by atoms with E-state index in [1.807, 2.05) is 0 Å². The van der Waals surface area contributed by atoms with E-state index in [4.69, 9.17) is 4.74 Å². The first-order valence-electron chi connectivity index (χ1n) is 5.34. The van der Waals surface area contributed by atoms with Gasteiger partial charge in [-0.3, -0.25) is 4.79 Å². The average Bonchev–Trinajstić information content (AvgIpc) is 2.28. The maximum absolute atomic E-state index is 11.1. The van der Waals surface area contributed by atoms with Gasteiger partial charge in [0.15, 0.2) is 0 Å². The lowest BCUT2D eigenvalue weighted by atomic mass is 10.2. The summed E-state index contributed by atoms with van der Waals surface area (Å²) in [5.41, 5.74) is 1.60. The molecule has 0 saturated heterocycles. The molecule has 4 nitrogen and oxygen atoms in total. The molecule has 0 bridgehead atoms. The molecule has 0 fully saturated rings. The van der Waals surface area contributed by atoms with Crippen molar-refractivity contribution >= 4 is 23.6 Å². The highest BCUT2D eigenvalue weighted by Crippen LogP contribution is 2.10. The van der Waals surface area contributed by atoms with Crippen LogP contribution in [0.1, 0.15) is 19.4 Å². The Labute approximate surface area is 100 Å². The Bertz CT molecular complexity index is 421. The topological polar surface area (TPSA) is 55.4 Å². The molecule has 17 heavy (non-hydrogen) atoms. The van der Waals surface area contributed by atoms with Gasteiger partial charge in [0.1, 0.15) is 0 Å². The number of nitrogens with one attached hydrogen (secondary N) is 1. The van der Waals surface area contributed by atoms with Gasteiger partial charge in [0, 0.05) is 18.7 Å². The van der Waals surface area contributed by atoms with Crippen molar-refractivity contribution in [3.05, 3.63) is 35.9 Å². The lowest BCUT2D eigenvalue weighted by molar-refractivity contribution is -0.137. The number of rotatable bonds is 4. The number of esters is 1. The first kappa shape index (κ1) is 13.0. The van der Waals surface area contributed by atoms with Gasteiger partial charge in [0.25, 0.3) is 0 Å². The van der Waals surface area contributed by atoms with Crippen LogP contribution >= 0.6 is 0 Å². The van der Waals surface area contributed by atoms with Gasteiger partial charge in [-0.05, 0) is 30.7 Å². The maximum Gasteiger partial charge on any atom is 0.330 e. The van der Waals surface area contributed by atoms with E-state index < -0.39 is 0 Å². The Morgan fingerprint density at radius 3 is 2.47 bits per heavy atom. The summed E-state index contributed by atoms with van der Waals surface area (Å²) in [5.74, 6) is -0.474. The summed E-state index contributed by atoms with van der Waals surface area (Å²) in [5, 5.41) is 2.66. The van der Waals surface area contributed by atoms with E-state index in [-0.39, 0.29) is 11.9 Å². The lowest BCUT2D eigenvalue weighted by Crippen LogP contribution is -2.05. The number of ether oxygens (including phenoxy) is 1. The van der Waals surface area contributed by atoms with E-state index >= 15 is 0 Å². The molecule has 0 atom stereocenters. The van der Waals surface area contributed by atoms with E-state index in [0.29, 0.717) is 6.61 Å². The first-order valence-corrected chi connectivity index (χ1v) is 5.34. The molecule has 1 rings (SSSR count). The molecular formula is C13H15NO3. The number of carbonyl (C=O) groups is 2. The van der Waals surface area contributed by atoms with Gasteiger partial charge in [-0.2, -0.15) is 0 Å². The van der Waals surface area contributed by atoms with Gasteiger partial charge >= 0.3 is 5.97 Å². The van der Waals surface area contributed by atoms with Crippen molar-refractivity contribution in [2.45, 2.75) is 13.8 Å². The van der Waals surface area contributed by atoms with Gasteiger partial charge in [0.05, 0.1) is 6.61 Å². The van der Waals surface area contributed by atoms with E-state index in [2.05, 4.69) is 5.32 Å². The molecular weight excluding hydrogens is 218 g/mol. The molecule has 0 aliphatic carbocycles. The standard InChI is InChI=1S/C13H15NO3/c1-3-17-13(16)9-6-11-4-7-12(8-5-11)14-10(2)15/h4-9H,3H2,1-2H3,(H,14,15)/b9-6-. The summed E-state index contributed by atoms with van der Waals surface area (Å²) in [7, 11) is 0. The molecule has 4 heteroatoms. The molecule has 0 unspecified atom stereocenters. The molecule has 90 valence electrons. The van der Waals surface area contributed by atoms with E-state index in [9.17, 15) is 9.59 Å². The number of anilines is 1. The minimum atomic E-state index is -0.363. The Morgan fingerprint density at radius 2 is 1.94 bits per heavy atom. The molecule has 0 aliphatic heterocycles. The summed E-state index contributed by atoms with van der Waals surface area (Å²) in [6.07, 6.45) is 3.03. The van der Waals surface area contributed by atoms with Crippen molar-refractivity contribution in [3.8, 4) is 0 Å². The zero-order chi connectivity index (χ0) is 12.7. The third kappa shape index (κ3) is 4.97. The monoisotopic (exact) mass is 233 g/mol. The molecule has 0 aromatic heterocycles. The number of benzene rings is 1. The van der Waals surface area contributed by atoms with Crippen LogP contribution in [0, 0.1) is 0 Å². The predicted molar refractivity (Wildman–Crippen MR) is 66.4 cm³/mol. The van der Waals surface area contributed by atoms with Crippen LogP contribution in [0.25, 0.3) is 6.08 Å². The van der Waals surface area contributed by atoms with Gasteiger partial charge in [-0.25, -0.2) is 4.79 Å².